The monoisotopic (exact) mass is 501 g/mol. The molecule has 1 fully saturated rings. The van der Waals surface area contributed by atoms with Crippen LogP contribution in [0.4, 0.5) is 5.69 Å². The summed E-state index contributed by atoms with van der Waals surface area (Å²) in [6.07, 6.45) is 3.80. The lowest BCUT2D eigenvalue weighted by Gasteiger charge is -2.22. The second kappa shape index (κ2) is 14.5. The van der Waals surface area contributed by atoms with Gasteiger partial charge in [-0.15, -0.1) is 24.0 Å². The molecule has 0 atom stereocenters. The molecule has 1 aromatic carbocycles. The van der Waals surface area contributed by atoms with Crippen molar-refractivity contribution in [3.05, 3.63) is 30.3 Å². The highest BCUT2D eigenvalue weighted by Crippen LogP contribution is 2.13. The fourth-order valence-electron chi connectivity index (χ4n) is 3.32. The van der Waals surface area contributed by atoms with Gasteiger partial charge in [0.25, 0.3) is 0 Å². The fourth-order valence-corrected chi connectivity index (χ4v) is 3.32. The number of aliphatic imine (C=N–C) groups is 1. The van der Waals surface area contributed by atoms with Crippen molar-refractivity contribution in [2.45, 2.75) is 39.5 Å². The van der Waals surface area contributed by atoms with Crippen LogP contribution in [0.2, 0.25) is 0 Å². The molecule has 2 rings (SSSR count). The summed E-state index contributed by atoms with van der Waals surface area (Å²) in [4.78, 5) is 21.1. The number of carbonyl (C=O) groups is 1. The van der Waals surface area contributed by atoms with Crippen LogP contribution in [0.1, 0.15) is 39.5 Å². The van der Waals surface area contributed by atoms with E-state index in [1.165, 1.54) is 5.69 Å². The standard InChI is InChI=1S/C21H35N5O.HI/c1-3-22-21(24-15-13-20(27)26-16-8-9-17-26)23-14-10-18-25(4-2)19-11-6-5-7-12-19;/h5-7,11-12H,3-4,8-10,13-18H2,1-2H3,(H2,22,23,24);1H. The molecule has 0 bridgehead atoms. The molecular weight excluding hydrogens is 465 g/mol. The molecule has 7 heteroatoms. The third kappa shape index (κ3) is 8.67. The Kier molecular flexibility index (Phi) is 12.7. The van der Waals surface area contributed by atoms with Crippen LogP contribution in [-0.2, 0) is 4.79 Å². The highest BCUT2D eigenvalue weighted by Gasteiger charge is 2.17. The molecule has 0 aromatic heterocycles. The molecule has 0 saturated carbocycles. The molecule has 1 heterocycles. The van der Waals surface area contributed by atoms with Crippen LogP contribution in [0, 0.1) is 0 Å². The van der Waals surface area contributed by atoms with Gasteiger partial charge in [0.15, 0.2) is 5.96 Å². The van der Waals surface area contributed by atoms with Crippen molar-refractivity contribution in [2.24, 2.45) is 4.99 Å². The van der Waals surface area contributed by atoms with Crippen molar-refractivity contribution in [3.8, 4) is 0 Å². The molecule has 1 saturated heterocycles. The number of nitrogens with zero attached hydrogens (tertiary/aromatic N) is 3. The van der Waals surface area contributed by atoms with Crippen molar-refractivity contribution in [1.29, 1.82) is 0 Å². The summed E-state index contributed by atoms with van der Waals surface area (Å²) in [5.41, 5.74) is 1.26. The van der Waals surface area contributed by atoms with E-state index in [1.807, 2.05) is 11.0 Å². The molecule has 1 amide bonds. The summed E-state index contributed by atoms with van der Waals surface area (Å²) in [5, 5.41) is 6.55. The predicted molar refractivity (Wildman–Crippen MR) is 129 cm³/mol. The molecule has 1 aliphatic rings. The van der Waals surface area contributed by atoms with Gasteiger partial charge >= 0.3 is 0 Å². The first-order valence-electron chi connectivity index (χ1n) is 10.3. The molecule has 0 radical (unpaired) electrons. The molecular formula is C21H36IN5O. The van der Waals surface area contributed by atoms with Crippen molar-refractivity contribution in [1.82, 2.24) is 15.5 Å². The Morgan fingerprint density at radius 2 is 1.86 bits per heavy atom. The topological polar surface area (TPSA) is 60.0 Å². The van der Waals surface area contributed by atoms with Gasteiger partial charge in [0.05, 0.1) is 0 Å². The van der Waals surface area contributed by atoms with Crippen molar-refractivity contribution >= 4 is 41.5 Å². The van der Waals surface area contributed by atoms with Gasteiger partial charge in [-0.05, 0) is 45.2 Å². The molecule has 0 spiro atoms. The Bertz CT molecular complexity index is 575. The summed E-state index contributed by atoms with van der Waals surface area (Å²) in [6, 6.07) is 10.5. The maximum absolute atomic E-state index is 12.1. The largest absolute Gasteiger partial charge is 0.372 e. The average Bonchev–Trinajstić information content (AvgIpc) is 3.23. The summed E-state index contributed by atoms with van der Waals surface area (Å²) < 4.78 is 0. The second-order valence-electron chi connectivity index (χ2n) is 6.79. The molecule has 28 heavy (non-hydrogen) atoms. The first-order chi connectivity index (χ1) is 13.2. The molecule has 158 valence electrons. The second-order valence-corrected chi connectivity index (χ2v) is 6.79. The lowest BCUT2D eigenvalue weighted by molar-refractivity contribution is -0.129. The van der Waals surface area contributed by atoms with Gasteiger partial charge < -0.3 is 20.4 Å². The van der Waals surface area contributed by atoms with E-state index in [4.69, 9.17) is 0 Å². The SMILES string of the molecule is CCNC(=NCCCN(CC)c1ccccc1)NCCC(=O)N1CCCC1.I. The maximum atomic E-state index is 12.1. The van der Waals surface area contributed by atoms with Crippen LogP contribution in [0.3, 0.4) is 0 Å². The Morgan fingerprint density at radius 1 is 1.14 bits per heavy atom. The Hall–Kier alpha value is -1.51. The Morgan fingerprint density at radius 3 is 2.50 bits per heavy atom. The number of carbonyl (C=O) groups excluding carboxylic acids is 1. The number of nitrogens with one attached hydrogen (secondary N) is 2. The minimum absolute atomic E-state index is 0. The van der Waals surface area contributed by atoms with Crippen LogP contribution in [0.5, 0.6) is 0 Å². The van der Waals surface area contributed by atoms with Gasteiger partial charge in [-0.3, -0.25) is 9.79 Å². The quantitative estimate of drug-likeness (QED) is 0.224. The van der Waals surface area contributed by atoms with Crippen LogP contribution in [-0.4, -0.2) is 62.6 Å². The number of benzene rings is 1. The van der Waals surface area contributed by atoms with E-state index >= 15 is 0 Å². The Balaban J connectivity index is 0.00000392. The summed E-state index contributed by atoms with van der Waals surface area (Å²) in [5.74, 6) is 1.05. The molecule has 1 aliphatic heterocycles. The van der Waals surface area contributed by atoms with Gasteiger partial charge in [-0.25, -0.2) is 0 Å². The zero-order chi connectivity index (χ0) is 19.3. The van der Waals surface area contributed by atoms with Gasteiger partial charge in [0.2, 0.25) is 5.91 Å². The van der Waals surface area contributed by atoms with Gasteiger partial charge in [-0.1, -0.05) is 18.2 Å². The van der Waals surface area contributed by atoms with E-state index in [1.54, 1.807) is 0 Å². The molecule has 2 N–H and O–H groups in total. The number of para-hydroxylation sites is 1. The third-order valence-corrected chi connectivity index (χ3v) is 4.79. The van der Waals surface area contributed by atoms with Crippen LogP contribution in [0.15, 0.2) is 35.3 Å². The van der Waals surface area contributed by atoms with E-state index in [-0.39, 0.29) is 29.9 Å². The van der Waals surface area contributed by atoms with Crippen molar-refractivity contribution < 1.29 is 4.79 Å². The number of hydrogen-bond acceptors (Lipinski definition) is 3. The number of anilines is 1. The number of halogens is 1. The molecule has 0 unspecified atom stereocenters. The first kappa shape index (κ1) is 24.5. The lowest BCUT2D eigenvalue weighted by atomic mass is 10.2. The number of amides is 1. The average molecular weight is 501 g/mol. The normalized spacial score (nSPS) is 13.8. The minimum atomic E-state index is 0. The number of rotatable bonds is 10. The van der Waals surface area contributed by atoms with Gasteiger partial charge in [-0.2, -0.15) is 0 Å². The van der Waals surface area contributed by atoms with E-state index in [2.05, 4.69) is 58.6 Å². The zero-order valence-electron chi connectivity index (χ0n) is 17.3. The van der Waals surface area contributed by atoms with Gasteiger partial charge in [0, 0.05) is 57.9 Å². The zero-order valence-corrected chi connectivity index (χ0v) is 19.7. The molecule has 6 nitrogen and oxygen atoms in total. The van der Waals surface area contributed by atoms with Crippen LogP contribution in [0.25, 0.3) is 0 Å². The fraction of sp³-hybridized carbons (Fsp3) is 0.619. The Labute approximate surface area is 187 Å². The lowest BCUT2D eigenvalue weighted by Crippen LogP contribution is -2.40. The van der Waals surface area contributed by atoms with Crippen molar-refractivity contribution in [3.63, 3.8) is 0 Å². The van der Waals surface area contributed by atoms with Gasteiger partial charge in [0.1, 0.15) is 0 Å². The smallest absolute Gasteiger partial charge is 0.224 e. The maximum Gasteiger partial charge on any atom is 0.224 e. The van der Waals surface area contributed by atoms with Crippen LogP contribution >= 0.6 is 24.0 Å². The van der Waals surface area contributed by atoms with E-state index in [9.17, 15) is 4.79 Å². The minimum Gasteiger partial charge on any atom is -0.372 e. The number of hydrogen-bond donors (Lipinski definition) is 2. The molecule has 0 aliphatic carbocycles. The van der Waals surface area contributed by atoms with Crippen molar-refractivity contribution in [2.75, 3.05) is 50.7 Å². The summed E-state index contributed by atoms with van der Waals surface area (Å²) in [7, 11) is 0. The first-order valence-corrected chi connectivity index (χ1v) is 10.3. The van der Waals surface area contributed by atoms with E-state index in [0.29, 0.717) is 13.0 Å². The summed E-state index contributed by atoms with van der Waals surface area (Å²) >= 11 is 0. The third-order valence-electron chi connectivity index (χ3n) is 4.79. The molecule has 1 aromatic rings. The van der Waals surface area contributed by atoms with E-state index < -0.39 is 0 Å². The predicted octanol–water partition coefficient (Wildman–Crippen LogP) is 3.09. The van der Waals surface area contributed by atoms with Crippen LogP contribution < -0.4 is 15.5 Å². The number of guanidine groups is 1. The van der Waals surface area contributed by atoms with E-state index in [0.717, 1.165) is 64.5 Å². The highest BCUT2D eigenvalue weighted by molar-refractivity contribution is 14.0. The number of likely N-dealkylation sites (tertiary alicyclic amines) is 1. The summed E-state index contributed by atoms with van der Waals surface area (Å²) in [6.45, 7) is 10.3. The highest BCUT2D eigenvalue weighted by atomic mass is 127.